The highest BCUT2D eigenvalue weighted by molar-refractivity contribution is 5.93. The number of hydrogen-bond acceptors (Lipinski definition) is 7. The maximum atomic E-state index is 12.0. The number of phenolic OH excluding ortho intramolecular Hbond substituents is 2. The molecule has 2 aromatic carbocycles. The molecule has 24 heavy (non-hydrogen) atoms. The Morgan fingerprint density at radius 2 is 1.62 bits per heavy atom. The number of carbonyl (C=O) groups is 1. The summed E-state index contributed by atoms with van der Waals surface area (Å²) < 4.78 is 20.8. The van der Waals surface area contributed by atoms with Gasteiger partial charge in [-0.05, 0) is 29.8 Å². The molecule has 2 rings (SSSR count). The van der Waals surface area contributed by atoms with Crippen LogP contribution in [0.3, 0.4) is 0 Å². The first-order chi connectivity index (χ1) is 11.5. The third kappa shape index (κ3) is 3.45. The maximum Gasteiger partial charge on any atom is 0.342 e. The Bertz CT molecular complexity index is 715. The number of para-hydroxylation sites is 1. The largest absolute Gasteiger partial charge is 0.504 e. The van der Waals surface area contributed by atoms with Crippen molar-refractivity contribution in [2.24, 2.45) is 0 Å². The minimum absolute atomic E-state index is 0.0787. The molecule has 0 atom stereocenters. The highest BCUT2D eigenvalue weighted by Crippen LogP contribution is 2.38. The van der Waals surface area contributed by atoms with Gasteiger partial charge in [0.2, 0.25) is 5.75 Å². The lowest BCUT2D eigenvalue weighted by Gasteiger charge is -2.14. The molecule has 2 aromatic rings. The topological polar surface area (TPSA) is 94.5 Å². The first-order valence-electron chi connectivity index (χ1n) is 6.98. The number of ether oxygens (including phenoxy) is 4. The van der Waals surface area contributed by atoms with E-state index in [1.54, 1.807) is 12.1 Å². The zero-order valence-corrected chi connectivity index (χ0v) is 13.5. The van der Waals surface area contributed by atoms with Gasteiger partial charge in [-0.15, -0.1) is 0 Å². The Morgan fingerprint density at radius 1 is 1.00 bits per heavy atom. The summed E-state index contributed by atoms with van der Waals surface area (Å²) in [5.41, 5.74) is 0.486. The van der Waals surface area contributed by atoms with E-state index in [0.29, 0.717) is 22.8 Å². The molecule has 0 heterocycles. The molecule has 128 valence electrons. The van der Waals surface area contributed by atoms with Crippen LogP contribution in [0.1, 0.15) is 15.9 Å². The van der Waals surface area contributed by atoms with E-state index in [9.17, 15) is 15.0 Å². The molecule has 0 spiro atoms. The summed E-state index contributed by atoms with van der Waals surface area (Å²) in [6.45, 7) is -0.0787. The van der Waals surface area contributed by atoms with Crippen LogP contribution in [-0.4, -0.2) is 37.5 Å². The van der Waals surface area contributed by atoms with Gasteiger partial charge >= 0.3 is 5.97 Å². The number of methoxy groups -OCH3 is 3. The molecule has 7 nitrogen and oxygen atoms in total. The average molecular weight is 334 g/mol. The summed E-state index contributed by atoms with van der Waals surface area (Å²) >= 11 is 0. The maximum absolute atomic E-state index is 12.0. The fourth-order valence-corrected chi connectivity index (χ4v) is 2.14. The molecule has 0 saturated heterocycles. The minimum Gasteiger partial charge on any atom is -0.504 e. The SMILES string of the molecule is COc1cc(COC(=O)c2cccc(O)c2O)cc(OC)c1OC. The van der Waals surface area contributed by atoms with E-state index in [4.69, 9.17) is 18.9 Å². The van der Waals surface area contributed by atoms with Crippen LogP contribution in [0.2, 0.25) is 0 Å². The van der Waals surface area contributed by atoms with Gasteiger partial charge in [-0.3, -0.25) is 0 Å². The number of hydrogen-bond donors (Lipinski definition) is 2. The fraction of sp³-hybridized carbons (Fsp3) is 0.235. The van der Waals surface area contributed by atoms with Crippen LogP contribution < -0.4 is 14.2 Å². The molecule has 0 aliphatic heterocycles. The highest BCUT2D eigenvalue weighted by Gasteiger charge is 2.17. The van der Waals surface area contributed by atoms with Gasteiger partial charge in [0, 0.05) is 0 Å². The van der Waals surface area contributed by atoms with Gasteiger partial charge in [0.25, 0.3) is 0 Å². The van der Waals surface area contributed by atoms with E-state index < -0.39 is 17.5 Å². The predicted octanol–water partition coefficient (Wildman–Crippen LogP) is 2.48. The van der Waals surface area contributed by atoms with Crippen molar-refractivity contribution in [1.82, 2.24) is 0 Å². The predicted molar refractivity (Wildman–Crippen MR) is 85.0 cm³/mol. The summed E-state index contributed by atoms with van der Waals surface area (Å²) in [5.74, 6) is -0.381. The smallest absolute Gasteiger partial charge is 0.342 e. The number of phenols is 2. The van der Waals surface area contributed by atoms with Gasteiger partial charge in [-0.1, -0.05) is 6.07 Å². The molecule has 0 fully saturated rings. The third-order valence-corrected chi connectivity index (χ3v) is 3.33. The molecule has 0 aliphatic rings. The van der Waals surface area contributed by atoms with E-state index in [0.717, 1.165) is 0 Å². The fourth-order valence-electron chi connectivity index (χ4n) is 2.14. The lowest BCUT2D eigenvalue weighted by atomic mass is 10.1. The Morgan fingerprint density at radius 3 is 2.17 bits per heavy atom. The van der Waals surface area contributed by atoms with E-state index in [1.807, 2.05) is 0 Å². The molecule has 0 radical (unpaired) electrons. The molecular weight excluding hydrogens is 316 g/mol. The van der Waals surface area contributed by atoms with Crippen LogP contribution in [-0.2, 0) is 11.3 Å². The van der Waals surface area contributed by atoms with Gasteiger partial charge in [-0.2, -0.15) is 0 Å². The van der Waals surface area contributed by atoms with Crippen molar-refractivity contribution < 1.29 is 34.0 Å². The molecule has 0 aromatic heterocycles. The summed E-state index contributed by atoms with van der Waals surface area (Å²) in [5, 5.41) is 19.1. The molecule has 0 bridgehead atoms. The molecule has 0 aliphatic carbocycles. The van der Waals surface area contributed by atoms with Gasteiger partial charge in [-0.25, -0.2) is 4.79 Å². The zero-order valence-electron chi connectivity index (χ0n) is 13.5. The molecule has 0 unspecified atom stereocenters. The van der Waals surface area contributed by atoms with Gasteiger partial charge < -0.3 is 29.2 Å². The first kappa shape index (κ1) is 17.3. The van der Waals surface area contributed by atoms with Gasteiger partial charge in [0.05, 0.1) is 21.3 Å². The minimum atomic E-state index is -0.767. The van der Waals surface area contributed by atoms with Crippen LogP contribution >= 0.6 is 0 Å². The number of benzene rings is 2. The van der Waals surface area contributed by atoms with Crippen molar-refractivity contribution in [2.45, 2.75) is 6.61 Å². The first-order valence-corrected chi connectivity index (χ1v) is 6.98. The number of aromatic hydroxyl groups is 2. The summed E-state index contributed by atoms with van der Waals surface area (Å²) in [6, 6.07) is 7.36. The third-order valence-electron chi connectivity index (χ3n) is 3.33. The number of esters is 1. The average Bonchev–Trinajstić information content (AvgIpc) is 2.60. The normalized spacial score (nSPS) is 10.1. The van der Waals surface area contributed by atoms with Crippen molar-refractivity contribution in [2.75, 3.05) is 21.3 Å². The second kappa shape index (κ2) is 7.45. The van der Waals surface area contributed by atoms with Crippen molar-refractivity contribution in [3.8, 4) is 28.7 Å². The quantitative estimate of drug-likeness (QED) is 0.619. The van der Waals surface area contributed by atoms with E-state index in [-0.39, 0.29) is 12.2 Å². The van der Waals surface area contributed by atoms with Crippen molar-refractivity contribution in [3.05, 3.63) is 41.5 Å². The Labute approximate surface area is 139 Å². The second-order valence-electron chi connectivity index (χ2n) is 4.78. The molecular formula is C17H18O7. The summed E-state index contributed by atoms with van der Waals surface area (Å²) in [6.07, 6.45) is 0. The van der Waals surface area contributed by atoms with Crippen LogP contribution in [0.25, 0.3) is 0 Å². The lowest BCUT2D eigenvalue weighted by Crippen LogP contribution is -2.06. The van der Waals surface area contributed by atoms with Crippen molar-refractivity contribution in [1.29, 1.82) is 0 Å². The zero-order chi connectivity index (χ0) is 17.7. The Kier molecular flexibility index (Phi) is 5.36. The van der Waals surface area contributed by atoms with Crippen LogP contribution in [0.5, 0.6) is 28.7 Å². The molecule has 7 heteroatoms. The number of carbonyl (C=O) groups excluding carboxylic acids is 1. The monoisotopic (exact) mass is 334 g/mol. The molecule has 0 saturated carbocycles. The van der Waals surface area contributed by atoms with Gasteiger partial charge in [0.15, 0.2) is 23.0 Å². The van der Waals surface area contributed by atoms with Crippen LogP contribution in [0, 0.1) is 0 Å². The molecule has 0 amide bonds. The molecule has 2 N–H and O–H groups in total. The highest BCUT2D eigenvalue weighted by atomic mass is 16.5. The Hall–Kier alpha value is -3.09. The van der Waals surface area contributed by atoms with Crippen LogP contribution in [0.15, 0.2) is 30.3 Å². The summed E-state index contributed by atoms with van der Waals surface area (Å²) in [4.78, 5) is 12.0. The van der Waals surface area contributed by atoms with E-state index in [1.165, 1.54) is 39.5 Å². The second-order valence-corrected chi connectivity index (χ2v) is 4.78. The number of rotatable bonds is 6. The lowest BCUT2D eigenvalue weighted by molar-refractivity contribution is 0.0468. The van der Waals surface area contributed by atoms with Crippen molar-refractivity contribution in [3.63, 3.8) is 0 Å². The van der Waals surface area contributed by atoms with E-state index in [2.05, 4.69) is 0 Å². The van der Waals surface area contributed by atoms with E-state index >= 15 is 0 Å². The Balaban J connectivity index is 2.20. The van der Waals surface area contributed by atoms with Crippen molar-refractivity contribution >= 4 is 5.97 Å². The van der Waals surface area contributed by atoms with Crippen LogP contribution in [0.4, 0.5) is 0 Å². The summed E-state index contributed by atoms with van der Waals surface area (Å²) in [7, 11) is 4.46. The van der Waals surface area contributed by atoms with Gasteiger partial charge in [0.1, 0.15) is 12.2 Å². The standard InChI is InChI=1S/C17H18O7/c1-21-13-7-10(8-14(22-2)16(13)23-3)9-24-17(20)11-5-4-6-12(18)15(11)19/h4-8,18-19H,9H2,1-3H3.